The lowest BCUT2D eigenvalue weighted by Gasteiger charge is -2.59. The van der Waals surface area contributed by atoms with Crippen molar-refractivity contribution in [1.82, 2.24) is 20.5 Å². The normalized spacial score (nSPS) is 29.7. The predicted octanol–water partition coefficient (Wildman–Crippen LogP) is 4.95. The molecule has 8 heteroatoms. The van der Waals surface area contributed by atoms with Crippen LogP contribution in [0.4, 0.5) is 0 Å². The molecule has 2 aromatic rings. The number of methoxy groups -OCH3 is 1. The van der Waals surface area contributed by atoms with Gasteiger partial charge < -0.3 is 10.1 Å². The summed E-state index contributed by atoms with van der Waals surface area (Å²) in [5.41, 5.74) is 1.06. The summed E-state index contributed by atoms with van der Waals surface area (Å²) < 4.78 is 5.39. The van der Waals surface area contributed by atoms with Crippen LogP contribution in [0.5, 0.6) is 5.75 Å². The molecule has 4 bridgehead atoms. The van der Waals surface area contributed by atoms with Crippen molar-refractivity contribution < 1.29 is 9.53 Å². The number of benzene rings is 1. The van der Waals surface area contributed by atoms with Gasteiger partial charge in [-0.2, -0.15) is 0 Å². The maximum Gasteiger partial charge on any atom is 0.230 e. The molecule has 0 spiro atoms. The Bertz CT molecular complexity index is 943. The number of aromatic nitrogens is 3. The number of thioether (sulfide) groups is 1. The zero-order valence-electron chi connectivity index (χ0n) is 18.0. The summed E-state index contributed by atoms with van der Waals surface area (Å²) >= 11 is 7.46. The number of hydrogen-bond acceptors (Lipinski definition) is 5. The summed E-state index contributed by atoms with van der Waals surface area (Å²) in [7, 11) is 1.61. The highest BCUT2D eigenvalue weighted by Crippen LogP contribution is 2.61. The van der Waals surface area contributed by atoms with Gasteiger partial charge in [0.15, 0.2) is 5.82 Å². The minimum absolute atomic E-state index is 0.0555. The topological polar surface area (TPSA) is 79.9 Å². The smallest absolute Gasteiger partial charge is 0.230 e. The van der Waals surface area contributed by atoms with Gasteiger partial charge in [0.05, 0.1) is 18.4 Å². The Morgan fingerprint density at radius 3 is 2.61 bits per heavy atom. The molecule has 1 heterocycles. The Balaban J connectivity index is 1.19. The number of amides is 1. The summed E-state index contributed by atoms with van der Waals surface area (Å²) in [6.07, 6.45) is 8.12. The average molecular weight is 461 g/mol. The molecule has 0 aliphatic heterocycles. The van der Waals surface area contributed by atoms with E-state index in [1.165, 1.54) is 50.3 Å². The first kappa shape index (κ1) is 21.1. The average Bonchev–Trinajstić information content (AvgIpc) is 3.20. The Hall–Kier alpha value is -1.73. The van der Waals surface area contributed by atoms with Gasteiger partial charge in [-0.3, -0.25) is 9.89 Å². The van der Waals surface area contributed by atoms with E-state index in [9.17, 15) is 4.79 Å². The molecule has 1 aromatic carbocycles. The van der Waals surface area contributed by atoms with Gasteiger partial charge in [0.1, 0.15) is 5.75 Å². The lowest BCUT2D eigenvalue weighted by molar-refractivity contribution is -0.123. The highest BCUT2D eigenvalue weighted by Gasteiger charge is 2.53. The van der Waals surface area contributed by atoms with Crippen molar-refractivity contribution in [3.05, 3.63) is 23.2 Å². The number of hydrogen-bond donors (Lipinski definition) is 2. The second-order valence-electron chi connectivity index (χ2n) is 9.67. The fraction of sp³-hybridized carbons (Fsp3) is 0.609. The maximum atomic E-state index is 12.7. The quantitative estimate of drug-likeness (QED) is 0.571. The van der Waals surface area contributed by atoms with Crippen LogP contribution in [-0.2, 0) is 4.79 Å². The lowest BCUT2D eigenvalue weighted by atomic mass is 9.48. The number of carbonyl (C=O) groups is 1. The highest BCUT2D eigenvalue weighted by atomic mass is 35.5. The number of H-pyrrole nitrogens is 1. The molecule has 1 aromatic heterocycles. The Morgan fingerprint density at radius 2 is 1.97 bits per heavy atom. The molecule has 4 fully saturated rings. The molecule has 6 nitrogen and oxygen atoms in total. The van der Waals surface area contributed by atoms with Gasteiger partial charge in [0.25, 0.3) is 0 Å². The first-order chi connectivity index (χ1) is 14.9. The fourth-order valence-electron chi connectivity index (χ4n) is 6.57. The van der Waals surface area contributed by atoms with Crippen molar-refractivity contribution in [2.24, 2.45) is 23.2 Å². The van der Waals surface area contributed by atoms with E-state index in [0.717, 1.165) is 23.3 Å². The lowest BCUT2D eigenvalue weighted by Crippen LogP contribution is -2.56. The van der Waals surface area contributed by atoms with Crippen LogP contribution in [0.1, 0.15) is 45.4 Å². The second-order valence-corrected chi connectivity index (χ2v) is 11.0. The molecule has 2 N–H and O–H groups in total. The van der Waals surface area contributed by atoms with E-state index in [1.54, 1.807) is 25.3 Å². The maximum absolute atomic E-state index is 12.7. The van der Waals surface area contributed by atoms with Crippen LogP contribution in [0.3, 0.4) is 0 Å². The Kier molecular flexibility index (Phi) is 5.67. The fourth-order valence-corrected chi connectivity index (χ4v) is 7.35. The van der Waals surface area contributed by atoms with Crippen molar-refractivity contribution >= 4 is 29.3 Å². The number of rotatable bonds is 7. The number of carbonyl (C=O) groups excluding carboxylic acids is 1. The van der Waals surface area contributed by atoms with Crippen LogP contribution in [0, 0.1) is 23.2 Å². The van der Waals surface area contributed by atoms with E-state index in [0.29, 0.717) is 32.9 Å². The molecule has 1 amide bonds. The van der Waals surface area contributed by atoms with Crippen LogP contribution in [0.25, 0.3) is 11.4 Å². The van der Waals surface area contributed by atoms with Crippen molar-refractivity contribution in [3.63, 3.8) is 0 Å². The van der Waals surface area contributed by atoms with Gasteiger partial charge in [-0.15, -0.1) is 5.10 Å². The molecule has 166 valence electrons. The van der Waals surface area contributed by atoms with Crippen molar-refractivity contribution in [2.45, 2.75) is 56.6 Å². The molecular weight excluding hydrogens is 432 g/mol. The first-order valence-corrected chi connectivity index (χ1v) is 12.5. The molecule has 1 unspecified atom stereocenters. The van der Waals surface area contributed by atoms with E-state index in [2.05, 4.69) is 27.4 Å². The monoisotopic (exact) mass is 460 g/mol. The molecule has 0 saturated heterocycles. The van der Waals surface area contributed by atoms with Crippen LogP contribution in [0.2, 0.25) is 5.02 Å². The number of nitrogens with one attached hydrogen (secondary N) is 2. The third-order valence-electron chi connectivity index (χ3n) is 7.60. The van der Waals surface area contributed by atoms with E-state index < -0.39 is 0 Å². The highest BCUT2D eigenvalue weighted by molar-refractivity contribution is 7.99. The van der Waals surface area contributed by atoms with E-state index >= 15 is 0 Å². The second kappa shape index (κ2) is 8.32. The standard InChI is InChI=1S/C23H29ClN4O2S/c1-13(23-9-14-5-15(10-23)7-16(6-14)11-23)25-20(29)12-31-22-26-21(27-28-22)18-8-17(24)3-4-19(18)30-2/h3-4,8,13-16H,5-7,9-12H2,1-2H3,(H,25,29)(H,26,27,28). The molecule has 31 heavy (non-hydrogen) atoms. The van der Waals surface area contributed by atoms with E-state index in [4.69, 9.17) is 16.3 Å². The molecule has 4 aliphatic rings. The zero-order chi connectivity index (χ0) is 21.6. The van der Waals surface area contributed by atoms with E-state index in [-0.39, 0.29) is 11.9 Å². The first-order valence-electron chi connectivity index (χ1n) is 11.1. The summed E-state index contributed by atoms with van der Waals surface area (Å²) in [4.78, 5) is 17.2. The van der Waals surface area contributed by atoms with Crippen molar-refractivity contribution in [2.75, 3.05) is 12.9 Å². The summed E-state index contributed by atoms with van der Waals surface area (Å²) in [6, 6.07) is 5.58. The SMILES string of the molecule is COc1ccc(Cl)cc1-c1nc(SCC(=O)NC(C)C23CC4CC(CC(C4)C2)C3)n[nH]1. The van der Waals surface area contributed by atoms with Gasteiger partial charge in [-0.05, 0) is 86.8 Å². The molecule has 6 rings (SSSR count). The Labute approximate surface area is 192 Å². The summed E-state index contributed by atoms with van der Waals surface area (Å²) in [5, 5.41) is 11.6. The largest absolute Gasteiger partial charge is 0.496 e. The van der Waals surface area contributed by atoms with Crippen LogP contribution < -0.4 is 10.1 Å². The molecule has 0 radical (unpaired) electrons. The number of aromatic amines is 1. The number of ether oxygens (including phenoxy) is 1. The predicted molar refractivity (Wildman–Crippen MR) is 122 cm³/mol. The summed E-state index contributed by atoms with van der Waals surface area (Å²) in [5.74, 6) is 4.25. The third-order valence-corrected chi connectivity index (χ3v) is 8.68. The van der Waals surface area contributed by atoms with Crippen LogP contribution in [-0.4, -0.2) is 40.0 Å². The summed E-state index contributed by atoms with van der Waals surface area (Å²) in [6.45, 7) is 2.21. The van der Waals surface area contributed by atoms with Crippen LogP contribution >= 0.6 is 23.4 Å². The van der Waals surface area contributed by atoms with Gasteiger partial charge in [0, 0.05) is 11.1 Å². The number of nitrogens with zero attached hydrogens (tertiary/aromatic N) is 2. The van der Waals surface area contributed by atoms with Gasteiger partial charge in [-0.25, -0.2) is 4.98 Å². The van der Waals surface area contributed by atoms with Crippen molar-refractivity contribution in [1.29, 1.82) is 0 Å². The zero-order valence-corrected chi connectivity index (χ0v) is 19.6. The molecule has 1 atom stereocenters. The van der Waals surface area contributed by atoms with E-state index in [1.807, 2.05) is 0 Å². The Morgan fingerprint density at radius 1 is 1.29 bits per heavy atom. The van der Waals surface area contributed by atoms with Gasteiger partial charge in [-0.1, -0.05) is 23.4 Å². The van der Waals surface area contributed by atoms with Gasteiger partial charge >= 0.3 is 0 Å². The minimum Gasteiger partial charge on any atom is -0.496 e. The van der Waals surface area contributed by atoms with Crippen LogP contribution in [0.15, 0.2) is 23.4 Å². The molecule has 4 aliphatic carbocycles. The molecular formula is C23H29ClN4O2S. The molecule has 4 saturated carbocycles. The van der Waals surface area contributed by atoms with Gasteiger partial charge in [0.2, 0.25) is 11.1 Å². The van der Waals surface area contributed by atoms with Crippen molar-refractivity contribution in [3.8, 4) is 17.1 Å². The number of halogens is 1. The minimum atomic E-state index is 0.0555. The third kappa shape index (κ3) is 4.19.